The van der Waals surface area contributed by atoms with Crippen LogP contribution >= 0.6 is 11.6 Å². The van der Waals surface area contributed by atoms with E-state index in [0.29, 0.717) is 12.0 Å². The molecule has 4 unspecified atom stereocenters. The molecule has 1 saturated carbocycles. The number of nitrogens with one attached hydrogen (secondary N) is 1. The Morgan fingerprint density at radius 1 is 1.35 bits per heavy atom. The van der Waals surface area contributed by atoms with E-state index >= 15 is 0 Å². The molecule has 0 amide bonds. The van der Waals surface area contributed by atoms with Crippen LogP contribution in [0.25, 0.3) is 0 Å². The van der Waals surface area contributed by atoms with E-state index in [0.717, 1.165) is 16.7 Å². The van der Waals surface area contributed by atoms with Gasteiger partial charge in [0.25, 0.3) is 0 Å². The Balaban J connectivity index is 1.99. The molecule has 0 heterocycles. The summed E-state index contributed by atoms with van der Waals surface area (Å²) in [7, 11) is 2.04. The summed E-state index contributed by atoms with van der Waals surface area (Å²) in [6.07, 6.45) is 5.46. The van der Waals surface area contributed by atoms with Crippen molar-refractivity contribution >= 4 is 11.6 Å². The van der Waals surface area contributed by atoms with Crippen LogP contribution < -0.4 is 10.1 Å². The van der Waals surface area contributed by atoms with Gasteiger partial charge in [-0.1, -0.05) is 37.4 Å². The summed E-state index contributed by atoms with van der Waals surface area (Å²) in [5.41, 5.74) is 0. The third-order valence-electron chi connectivity index (χ3n) is 4.44. The van der Waals surface area contributed by atoms with E-state index in [-0.39, 0.29) is 6.10 Å². The highest BCUT2D eigenvalue weighted by molar-refractivity contribution is 6.30. The van der Waals surface area contributed by atoms with Gasteiger partial charge in [-0.2, -0.15) is 0 Å². The summed E-state index contributed by atoms with van der Waals surface area (Å²) in [4.78, 5) is 0. The number of hydrogen-bond acceptors (Lipinski definition) is 2. The van der Waals surface area contributed by atoms with Gasteiger partial charge in [0.1, 0.15) is 11.9 Å². The van der Waals surface area contributed by atoms with Crippen LogP contribution in [0.5, 0.6) is 5.75 Å². The minimum atomic E-state index is 0.147. The fraction of sp³-hybridized carbons (Fsp3) is 0.647. The van der Waals surface area contributed by atoms with Gasteiger partial charge in [-0.25, -0.2) is 0 Å². The molecule has 0 aliphatic heterocycles. The van der Waals surface area contributed by atoms with E-state index < -0.39 is 0 Å². The Labute approximate surface area is 127 Å². The summed E-state index contributed by atoms with van der Waals surface area (Å²) in [6, 6.07) is 8.06. The Hall–Kier alpha value is -0.730. The molecule has 4 atom stereocenters. The zero-order chi connectivity index (χ0) is 14.5. The third-order valence-corrected chi connectivity index (χ3v) is 4.68. The maximum atomic E-state index is 6.09. The van der Waals surface area contributed by atoms with E-state index in [1.165, 1.54) is 25.7 Å². The van der Waals surface area contributed by atoms with Crippen molar-refractivity contribution in [2.24, 2.45) is 11.8 Å². The third kappa shape index (κ3) is 4.13. The summed E-state index contributed by atoms with van der Waals surface area (Å²) in [5, 5.41) is 4.19. The number of ether oxygens (including phenoxy) is 1. The number of halogens is 1. The molecule has 1 aromatic rings. The standard InChI is InChI=1S/C17H26ClNO/c1-12-6-4-7-14(10-12)17(19-3)13(2)20-16-9-5-8-15(18)11-16/h5,8-9,11-14,17,19H,4,6-7,10H2,1-3H3. The quantitative estimate of drug-likeness (QED) is 0.862. The fourth-order valence-corrected chi connectivity index (χ4v) is 3.67. The van der Waals surface area contributed by atoms with Crippen molar-refractivity contribution in [1.82, 2.24) is 5.32 Å². The topological polar surface area (TPSA) is 21.3 Å². The number of benzene rings is 1. The average molecular weight is 296 g/mol. The molecule has 112 valence electrons. The van der Waals surface area contributed by atoms with Crippen LogP contribution in [0.4, 0.5) is 0 Å². The second-order valence-electron chi connectivity index (χ2n) is 6.13. The summed E-state index contributed by atoms with van der Waals surface area (Å²) >= 11 is 6.01. The predicted octanol–water partition coefficient (Wildman–Crippen LogP) is 4.52. The van der Waals surface area contributed by atoms with Gasteiger partial charge < -0.3 is 10.1 Å². The molecule has 0 radical (unpaired) electrons. The number of likely N-dealkylation sites (N-methyl/N-ethyl adjacent to an activating group) is 1. The Kier molecular flexibility index (Phi) is 5.74. The van der Waals surface area contributed by atoms with Gasteiger partial charge in [0.2, 0.25) is 0 Å². The fourth-order valence-electron chi connectivity index (χ4n) is 3.49. The van der Waals surface area contributed by atoms with Gasteiger partial charge in [-0.15, -0.1) is 0 Å². The zero-order valence-corrected chi connectivity index (χ0v) is 13.5. The van der Waals surface area contributed by atoms with E-state index in [2.05, 4.69) is 19.2 Å². The monoisotopic (exact) mass is 295 g/mol. The summed E-state index contributed by atoms with van der Waals surface area (Å²) < 4.78 is 6.09. The zero-order valence-electron chi connectivity index (χ0n) is 12.7. The van der Waals surface area contributed by atoms with Crippen molar-refractivity contribution in [1.29, 1.82) is 0 Å². The van der Waals surface area contributed by atoms with Crippen molar-refractivity contribution in [3.63, 3.8) is 0 Å². The minimum absolute atomic E-state index is 0.147. The second kappa shape index (κ2) is 7.33. The first kappa shape index (κ1) is 15.7. The van der Waals surface area contributed by atoms with Crippen molar-refractivity contribution in [3.05, 3.63) is 29.3 Å². The van der Waals surface area contributed by atoms with Crippen LogP contribution in [0.3, 0.4) is 0 Å². The van der Waals surface area contributed by atoms with Gasteiger partial charge in [-0.3, -0.25) is 0 Å². The molecule has 0 spiro atoms. The highest BCUT2D eigenvalue weighted by atomic mass is 35.5. The molecule has 0 aromatic heterocycles. The molecule has 1 aliphatic rings. The Morgan fingerprint density at radius 2 is 2.15 bits per heavy atom. The SMILES string of the molecule is CNC(C1CCCC(C)C1)C(C)Oc1cccc(Cl)c1. The largest absolute Gasteiger partial charge is 0.489 e. The first-order chi connectivity index (χ1) is 9.60. The molecule has 2 rings (SSSR count). The highest BCUT2D eigenvalue weighted by Gasteiger charge is 2.30. The van der Waals surface area contributed by atoms with Crippen LogP contribution in [0.2, 0.25) is 5.02 Å². The first-order valence-corrected chi connectivity index (χ1v) is 8.07. The number of hydrogen-bond donors (Lipinski definition) is 1. The Morgan fingerprint density at radius 3 is 2.80 bits per heavy atom. The molecule has 1 aromatic carbocycles. The van der Waals surface area contributed by atoms with Crippen molar-refractivity contribution in [3.8, 4) is 5.75 Å². The summed E-state index contributed by atoms with van der Waals surface area (Å²) in [6.45, 7) is 4.52. The molecule has 1 aliphatic carbocycles. The maximum absolute atomic E-state index is 6.09. The smallest absolute Gasteiger partial charge is 0.121 e. The molecular weight excluding hydrogens is 270 g/mol. The van der Waals surface area contributed by atoms with Crippen LogP contribution in [0, 0.1) is 11.8 Å². The van der Waals surface area contributed by atoms with Gasteiger partial charge >= 0.3 is 0 Å². The molecule has 20 heavy (non-hydrogen) atoms. The molecule has 1 N–H and O–H groups in total. The van der Waals surface area contributed by atoms with E-state index in [1.807, 2.05) is 31.3 Å². The molecule has 0 bridgehead atoms. The minimum Gasteiger partial charge on any atom is -0.489 e. The molecular formula is C17H26ClNO. The average Bonchev–Trinajstić information content (AvgIpc) is 2.39. The van der Waals surface area contributed by atoms with Crippen molar-refractivity contribution in [2.75, 3.05) is 7.05 Å². The maximum Gasteiger partial charge on any atom is 0.121 e. The van der Waals surface area contributed by atoms with Gasteiger partial charge in [-0.05, 0) is 56.8 Å². The van der Waals surface area contributed by atoms with E-state index in [4.69, 9.17) is 16.3 Å². The van der Waals surface area contributed by atoms with Gasteiger partial charge in [0.05, 0.1) is 0 Å². The Bertz CT molecular complexity index is 423. The lowest BCUT2D eigenvalue weighted by Gasteiger charge is -2.36. The first-order valence-electron chi connectivity index (χ1n) is 7.69. The van der Waals surface area contributed by atoms with Crippen LogP contribution in [0.15, 0.2) is 24.3 Å². The lowest BCUT2D eigenvalue weighted by Crippen LogP contribution is -2.46. The van der Waals surface area contributed by atoms with E-state index in [9.17, 15) is 0 Å². The molecule has 2 nitrogen and oxygen atoms in total. The van der Waals surface area contributed by atoms with Gasteiger partial charge in [0.15, 0.2) is 0 Å². The second-order valence-corrected chi connectivity index (χ2v) is 6.56. The number of rotatable bonds is 5. The van der Waals surface area contributed by atoms with Crippen LogP contribution in [-0.4, -0.2) is 19.2 Å². The van der Waals surface area contributed by atoms with Crippen LogP contribution in [0.1, 0.15) is 39.5 Å². The van der Waals surface area contributed by atoms with Crippen molar-refractivity contribution < 1.29 is 4.74 Å². The molecule has 0 saturated heterocycles. The van der Waals surface area contributed by atoms with Gasteiger partial charge in [0, 0.05) is 11.1 Å². The molecule has 1 fully saturated rings. The lowest BCUT2D eigenvalue weighted by molar-refractivity contribution is 0.111. The predicted molar refractivity (Wildman–Crippen MR) is 85.5 cm³/mol. The normalized spacial score (nSPS) is 26.0. The van der Waals surface area contributed by atoms with Crippen molar-refractivity contribution in [2.45, 2.75) is 51.7 Å². The summed E-state index contributed by atoms with van der Waals surface area (Å²) in [5.74, 6) is 2.40. The van der Waals surface area contributed by atoms with E-state index in [1.54, 1.807) is 0 Å². The molecule has 3 heteroatoms. The lowest BCUT2D eigenvalue weighted by atomic mass is 9.77. The van der Waals surface area contributed by atoms with Crippen LogP contribution in [-0.2, 0) is 0 Å². The highest BCUT2D eigenvalue weighted by Crippen LogP contribution is 2.32.